The average Bonchev–Trinajstić information content (AvgIpc) is 3.12. The number of carbonyl (C=O) groups is 3. The van der Waals surface area contributed by atoms with Crippen molar-refractivity contribution in [3.63, 3.8) is 0 Å². The summed E-state index contributed by atoms with van der Waals surface area (Å²) in [4.78, 5) is 33.9. The van der Waals surface area contributed by atoms with Crippen LogP contribution in [0.15, 0.2) is 78.9 Å². The Labute approximate surface area is 326 Å². The summed E-state index contributed by atoms with van der Waals surface area (Å²) in [6, 6.07) is 22.8. The van der Waals surface area contributed by atoms with E-state index in [2.05, 4.69) is 85.7 Å². The van der Waals surface area contributed by atoms with Crippen LogP contribution in [0.3, 0.4) is 0 Å². The summed E-state index contributed by atoms with van der Waals surface area (Å²) in [6.45, 7) is 24.1. The second-order valence-corrected chi connectivity index (χ2v) is 15.3. The minimum Gasteiger partial charge on any atom is -0.507 e. The Bertz CT molecular complexity index is 1600. The number of methoxy groups -OCH3 is 1. The summed E-state index contributed by atoms with van der Waals surface area (Å²) in [5, 5.41) is 9.38. The van der Waals surface area contributed by atoms with Crippen molar-refractivity contribution in [3.05, 3.63) is 101 Å². The van der Waals surface area contributed by atoms with Crippen LogP contribution >= 0.6 is 0 Å². The fraction of sp³-hybridized carbons (Fsp3) is 0.511. The van der Waals surface area contributed by atoms with Gasteiger partial charge in [-0.2, -0.15) is 0 Å². The molecule has 0 spiro atoms. The molecule has 1 atom stereocenters. The largest absolute Gasteiger partial charge is 0.507 e. The first-order valence-electron chi connectivity index (χ1n) is 19.4. The van der Waals surface area contributed by atoms with Gasteiger partial charge in [0, 0.05) is 12.8 Å². The molecule has 1 unspecified atom stereocenters. The van der Waals surface area contributed by atoms with Crippen molar-refractivity contribution in [1.29, 1.82) is 0 Å². The molecule has 7 heteroatoms. The standard InChI is InChI=1S/C18H26O.C12H16O3.C10H12O.C7H14O2/c1-12(19)15-13-10-8-9-11-14(13)16(2,3)18(6,7)17(15,4)5;1-2-3-6-9-15-12(14)10-7-4-5-8-11(10)13;1-3-4-9-5-7-10(11-2)8-6-9;1-3-4-5-6-9-7(2)8/h8-11,15H,1-7H3;4-5,7-8,13H,2-3,6,9H2,1H3;3-8H,1-2H3;3-6H2,1-2H3. The third-order valence-electron chi connectivity index (χ3n) is 10.9. The number of ether oxygens (including phenoxy) is 3. The van der Waals surface area contributed by atoms with Crippen molar-refractivity contribution in [1.82, 2.24) is 0 Å². The number of rotatable bonds is 12. The lowest BCUT2D eigenvalue weighted by atomic mass is 9.44. The predicted molar refractivity (Wildman–Crippen MR) is 222 cm³/mol. The maximum Gasteiger partial charge on any atom is 0.341 e. The van der Waals surface area contributed by atoms with Crippen LogP contribution in [0.2, 0.25) is 0 Å². The van der Waals surface area contributed by atoms with Crippen LogP contribution in [-0.4, -0.2) is 43.2 Å². The molecule has 0 saturated heterocycles. The van der Waals surface area contributed by atoms with Gasteiger partial charge in [0.15, 0.2) is 0 Å². The molecule has 1 N–H and O–H groups in total. The van der Waals surface area contributed by atoms with Crippen molar-refractivity contribution < 1.29 is 33.7 Å². The fourth-order valence-electron chi connectivity index (χ4n) is 6.65. The number of phenolic OH excluding ortho intramolecular Hbond substituents is 1. The number of para-hydroxylation sites is 1. The second kappa shape index (κ2) is 23.4. The molecule has 0 amide bonds. The number of hydrogen-bond donors (Lipinski definition) is 1. The van der Waals surface area contributed by atoms with Crippen molar-refractivity contribution in [2.24, 2.45) is 10.8 Å². The first-order chi connectivity index (χ1) is 25.4. The van der Waals surface area contributed by atoms with E-state index in [0.29, 0.717) is 13.2 Å². The zero-order valence-electron chi connectivity index (χ0n) is 35.2. The quantitative estimate of drug-likeness (QED) is 0.146. The second-order valence-electron chi connectivity index (χ2n) is 15.3. The summed E-state index contributed by atoms with van der Waals surface area (Å²) < 4.78 is 14.7. The van der Waals surface area contributed by atoms with Crippen molar-refractivity contribution in [2.75, 3.05) is 20.3 Å². The van der Waals surface area contributed by atoms with Crippen LogP contribution in [0.5, 0.6) is 11.5 Å². The predicted octanol–water partition coefficient (Wildman–Crippen LogP) is 11.9. The Kier molecular flexibility index (Phi) is 20.6. The molecule has 0 heterocycles. The number of hydrogen-bond acceptors (Lipinski definition) is 7. The van der Waals surface area contributed by atoms with Gasteiger partial charge in [-0.15, -0.1) is 0 Å². The minimum atomic E-state index is -0.454. The Morgan fingerprint density at radius 2 is 1.28 bits per heavy atom. The summed E-state index contributed by atoms with van der Waals surface area (Å²) in [5.74, 6) is 0.513. The van der Waals surface area contributed by atoms with Gasteiger partial charge in [-0.05, 0) is 83.9 Å². The molecule has 0 fully saturated rings. The van der Waals surface area contributed by atoms with Gasteiger partial charge in [-0.3, -0.25) is 9.59 Å². The molecular weight excluding hydrogens is 677 g/mol. The smallest absolute Gasteiger partial charge is 0.341 e. The molecule has 3 aromatic rings. The highest BCUT2D eigenvalue weighted by Gasteiger charge is 2.58. The lowest BCUT2D eigenvalue weighted by Gasteiger charge is -2.59. The average molecular weight is 745 g/mol. The molecule has 0 aliphatic heterocycles. The molecule has 0 saturated carbocycles. The van der Waals surface area contributed by atoms with Crippen LogP contribution in [0.4, 0.5) is 0 Å². The van der Waals surface area contributed by atoms with Gasteiger partial charge in [0.1, 0.15) is 22.8 Å². The first kappa shape index (κ1) is 47.6. The number of fused-ring (bicyclic) bond motifs is 1. The van der Waals surface area contributed by atoms with Gasteiger partial charge in [0.2, 0.25) is 0 Å². The maximum absolute atomic E-state index is 12.3. The van der Waals surface area contributed by atoms with Gasteiger partial charge < -0.3 is 19.3 Å². The lowest BCUT2D eigenvalue weighted by molar-refractivity contribution is -0.141. The number of phenols is 1. The number of aromatic hydroxyl groups is 1. The summed E-state index contributed by atoms with van der Waals surface area (Å²) in [5.41, 5.74) is 4.03. The Balaban J connectivity index is 0.000000375. The van der Waals surface area contributed by atoms with E-state index in [-0.39, 0.29) is 45.2 Å². The number of unbranched alkanes of at least 4 members (excludes halogenated alkanes) is 4. The molecule has 0 radical (unpaired) electrons. The molecule has 298 valence electrons. The third-order valence-corrected chi connectivity index (χ3v) is 10.9. The molecule has 0 bridgehead atoms. The monoisotopic (exact) mass is 744 g/mol. The molecule has 4 rings (SSSR count). The summed E-state index contributed by atoms with van der Waals surface area (Å²) in [7, 11) is 1.67. The van der Waals surface area contributed by atoms with Gasteiger partial charge in [-0.1, -0.05) is 142 Å². The lowest BCUT2D eigenvalue weighted by Crippen LogP contribution is -2.55. The van der Waals surface area contributed by atoms with E-state index in [4.69, 9.17) is 14.2 Å². The van der Waals surface area contributed by atoms with Crippen LogP contribution in [-0.2, 0) is 24.5 Å². The van der Waals surface area contributed by atoms with Gasteiger partial charge in [0.25, 0.3) is 0 Å². The topological polar surface area (TPSA) is 99.1 Å². The minimum absolute atomic E-state index is 0.00766. The number of allylic oxidation sites excluding steroid dienone is 1. The molecule has 7 nitrogen and oxygen atoms in total. The molecular formula is C47H68O7. The van der Waals surface area contributed by atoms with Gasteiger partial charge in [0.05, 0.1) is 20.3 Å². The summed E-state index contributed by atoms with van der Waals surface area (Å²) >= 11 is 0. The number of Topliss-reactive ketones (excluding diaryl/α,β-unsaturated/α-hetero) is 1. The van der Waals surface area contributed by atoms with Crippen LogP contribution < -0.4 is 4.74 Å². The first-order valence-corrected chi connectivity index (χ1v) is 19.4. The van der Waals surface area contributed by atoms with E-state index in [0.717, 1.165) is 37.9 Å². The van der Waals surface area contributed by atoms with Gasteiger partial charge in [-0.25, -0.2) is 4.79 Å². The molecule has 1 aliphatic carbocycles. The zero-order chi connectivity index (χ0) is 41.0. The summed E-state index contributed by atoms with van der Waals surface area (Å²) in [6.07, 6.45) is 10.4. The fourth-order valence-corrected chi connectivity index (χ4v) is 6.65. The Hall–Kier alpha value is -4.39. The van der Waals surface area contributed by atoms with Crippen LogP contribution in [0.1, 0.15) is 148 Å². The van der Waals surface area contributed by atoms with E-state index in [9.17, 15) is 19.5 Å². The third kappa shape index (κ3) is 13.8. The molecule has 1 aliphatic rings. The number of ketones is 1. The highest BCUT2D eigenvalue weighted by atomic mass is 16.5. The number of esters is 2. The number of carbonyl (C=O) groups excluding carboxylic acids is 3. The number of benzene rings is 3. The normalized spacial score (nSPS) is 15.7. The highest BCUT2D eigenvalue weighted by Crippen LogP contribution is 2.63. The van der Waals surface area contributed by atoms with Crippen molar-refractivity contribution >= 4 is 23.8 Å². The SMILES string of the molecule is CC(=O)C1c2ccccc2C(C)(C)C(C)(C)C1(C)C.CC=Cc1ccc(OC)cc1.CCCCCOC(=O)c1ccccc1O.CCCCCOC(C)=O. The Morgan fingerprint density at radius 1 is 0.741 bits per heavy atom. The van der Waals surface area contributed by atoms with Crippen LogP contribution in [0.25, 0.3) is 6.08 Å². The molecule has 0 aromatic heterocycles. The van der Waals surface area contributed by atoms with E-state index in [1.165, 1.54) is 36.1 Å². The van der Waals surface area contributed by atoms with Gasteiger partial charge >= 0.3 is 11.9 Å². The van der Waals surface area contributed by atoms with E-state index < -0.39 is 5.97 Å². The Morgan fingerprint density at radius 3 is 1.78 bits per heavy atom. The molecule has 3 aromatic carbocycles. The van der Waals surface area contributed by atoms with Crippen LogP contribution in [0, 0.1) is 10.8 Å². The highest BCUT2D eigenvalue weighted by molar-refractivity contribution is 5.92. The van der Waals surface area contributed by atoms with E-state index in [1.807, 2.05) is 37.3 Å². The van der Waals surface area contributed by atoms with Crippen molar-refractivity contribution in [2.45, 2.75) is 126 Å². The maximum atomic E-state index is 12.3. The van der Waals surface area contributed by atoms with E-state index >= 15 is 0 Å². The molecule has 54 heavy (non-hydrogen) atoms. The van der Waals surface area contributed by atoms with Crippen molar-refractivity contribution in [3.8, 4) is 11.5 Å². The van der Waals surface area contributed by atoms with E-state index in [1.54, 1.807) is 32.2 Å². The zero-order valence-corrected chi connectivity index (χ0v) is 35.2.